The Morgan fingerprint density at radius 2 is 2.00 bits per heavy atom. The van der Waals surface area contributed by atoms with Crippen LogP contribution in [0.25, 0.3) is 0 Å². The largest absolute Gasteiger partial charge is 0.491 e. The predicted octanol–water partition coefficient (Wildman–Crippen LogP) is 2.20. The number of nitrogens with two attached hydrogens (primary N) is 1. The third kappa shape index (κ3) is 3.55. The van der Waals surface area contributed by atoms with Crippen molar-refractivity contribution in [2.75, 3.05) is 26.4 Å². The molecule has 1 aromatic carbocycles. The summed E-state index contributed by atoms with van der Waals surface area (Å²) < 4.78 is 31.1. The Hall–Kier alpha value is -1.57. The number of hydrogen-bond donors (Lipinski definition) is 1. The number of nitrogen functional groups attached to an aromatic ring is 1. The first-order valence-electron chi connectivity index (χ1n) is 6.39. The van der Waals surface area contributed by atoms with Crippen LogP contribution in [0.4, 0.5) is 5.69 Å². The van der Waals surface area contributed by atoms with E-state index in [1.165, 1.54) is 25.0 Å². The second-order valence-corrected chi connectivity index (χ2v) is 7.79. The molecule has 0 amide bonds. The summed E-state index contributed by atoms with van der Waals surface area (Å²) in [5, 5.41) is 2.01. The van der Waals surface area contributed by atoms with Crippen molar-refractivity contribution in [3.63, 3.8) is 0 Å². The minimum absolute atomic E-state index is 0.0705. The number of benzene rings is 1. The molecule has 114 valence electrons. The molecule has 21 heavy (non-hydrogen) atoms. The van der Waals surface area contributed by atoms with Gasteiger partial charge in [-0.25, -0.2) is 12.7 Å². The lowest BCUT2D eigenvalue weighted by molar-refractivity contribution is 0.324. The van der Waals surface area contributed by atoms with Gasteiger partial charge in [0, 0.05) is 25.4 Å². The number of rotatable bonds is 6. The zero-order valence-corrected chi connectivity index (χ0v) is 13.6. The van der Waals surface area contributed by atoms with E-state index in [0.717, 1.165) is 10.7 Å². The van der Waals surface area contributed by atoms with E-state index in [1.54, 1.807) is 23.5 Å². The Labute approximate surface area is 129 Å². The van der Waals surface area contributed by atoms with E-state index in [0.29, 0.717) is 12.4 Å². The van der Waals surface area contributed by atoms with E-state index in [1.807, 2.05) is 17.5 Å². The van der Waals surface area contributed by atoms with Crippen LogP contribution in [-0.4, -0.2) is 33.4 Å². The van der Waals surface area contributed by atoms with E-state index >= 15 is 0 Å². The second kappa shape index (κ2) is 6.46. The van der Waals surface area contributed by atoms with Gasteiger partial charge in [0.05, 0.1) is 12.3 Å². The van der Waals surface area contributed by atoms with E-state index in [2.05, 4.69) is 0 Å². The fourth-order valence-corrected chi connectivity index (χ4v) is 3.50. The minimum Gasteiger partial charge on any atom is -0.491 e. The first-order valence-corrected chi connectivity index (χ1v) is 8.71. The van der Waals surface area contributed by atoms with E-state index < -0.39 is 10.0 Å². The summed E-state index contributed by atoms with van der Waals surface area (Å²) in [5.41, 5.74) is 6.09. The fraction of sp³-hybridized carbons (Fsp3) is 0.286. The SMILES string of the molecule is CN(C)S(=O)(=O)c1cccc(OCCc2cccs2)c1N. The highest BCUT2D eigenvalue weighted by molar-refractivity contribution is 7.89. The minimum atomic E-state index is -3.57. The van der Waals surface area contributed by atoms with Crippen LogP contribution in [0.2, 0.25) is 0 Å². The average Bonchev–Trinajstić information content (AvgIpc) is 2.93. The number of thiophene rings is 1. The standard InChI is InChI=1S/C14H18N2O3S2/c1-16(2)21(17,18)13-7-3-6-12(14(13)15)19-9-8-11-5-4-10-20-11/h3-7,10H,8-9,15H2,1-2H3. The zero-order valence-electron chi connectivity index (χ0n) is 11.9. The molecular formula is C14H18N2O3S2. The topological polar surface area (TPSA) is 72.6 Å². The van der Waals surface area contributed by atoms with Crippen molar-refractivity contribution >= 4 is 27.0 Å². The monoisotopic (exact) mass is 326 g/mol. The number of sulfonamides is 1. The molecule has 2 N–H and O–H groups in total. The lowest BCUT2D eigenvalue weighted by Gasteiger charge is -2.15. The molecule has 0 atom stereocenters. The molecule has 0 spiro atoms. The molecule has 0 radical (unpaired) electrons. The van der Waals surface area contributed by atoms with Gasteiger partial charge in [0.15, 0.2) is 0 Å². The summed E-state index contributed by atoms with van der Waals surface area (Å²) in [5.74, 6) is 0.398. The van der Waals surface area contributed by atoms with Gasteiger partial charge < -0.3 is 10.5 Å². The van der Waals surface area contributed by atoms with Crippen molar-refractivity contribution in [2.45, 2.75) is 11.3 Å². The van der Waals surface area contributed by atoms with Gasteiger partial charge >= 0.3 is 0 Å². The highest BCUT2D eigenvalue weighted by Gasteiger charge is 2.22. The van der Waals surface area contributed by atoms with E-state index in [-0.39, 0.29) is 10.6 Å². The molecule has 0 saturated heterocycles. The first-order chi connectivity index (χ1) is 9.93. The fourth-order valence-electron chi connectivity index (χ4n) is 1.79. The number of anilines is 1. The Balaban J connectivity index is 2.14. The summed E-state index contributed by atoms with van der Waals surface area (Å²) in [6.07, 6.45) is 0.766. The normalized spacial score (nSPS) is 11.8. The molecule has 0 unspecified atom stereocenters. The summed E-state index contributed by atoms with van der Waals surface area (Å²) in [7, 11) is -0.625. The van der Waals surface area contributed by atoms with Crippen LogP contribution in [0.3, 0.4) is 0 Å². The number of ether oxygens (including phenoxy) is 1. The quantitative estimate of drug-likeness (QED) is 0.826. The molecule has 0 aliphatic rings. The lowest BCUT2D eigenvalue weighted by Crippen LogP contribution is -2.23. The van der Waals surface area contributed by atoms with E-state index in [4.69, 9.17) is 10.5 Å². The molecule has 1 heterocycles. The maximum atomic E-state index is 12.2. The van der Waals surface area contributed by atoms with Crippen LogP contribution in [0.1, 0.15) is 4.88 Å². The molecule has 0 saturated carbocycles. The maximum Gasteiger partial charge on any atom is 0.244 e. The van der Waals surface area contributed by atoms with Gasteiger partial charge in [-0.15, -0.1) is 11.3 Å². The van der Waals surface area contributed by atoms with Crippen molar-refractivity contribution in [3.8, 4) is 5.75 Å². The van der Waals surface area contributed by atoms with Crippen LogP contribution < -0.4 is 10.5 Å². The second-order valence-electron chi connectivity index (χ2n) is 4.63. The highest BCUT2D eigenvalue weighted by Crippen LogP contribution is 2.30. The Morgan fingerprint density at radius 3 is 2.62 bits per heavy atom. The van der Waals surface area contributed by atoms with Gasteiger partial charge in [-0.1, -0.05) is 12.1 Å². The van der Waals surface area contributed by atoms with Gasteiger partial charge in [0.25, 0.3) is 0 Å². The van der Waals surface area contributed by atoms with Crippen LogP contribution in [0, 0.1) is 0 Å². The van der Waals surface area contributed by atoms with Crippen molar-refractivity contribution in [2.24, 2.45) is 0 Å². The van der Waals surface area contributed by atoms with Gasteiger partial charge in [-0.05, 0) is 23.6 Å². The summed E-state index contributed by atoms with van der Waals surface area (Å²) in [6.45, 7) is 0.455. The van der Waals surface area contributed by atoms with Gasteiger partial charge in [0.1, 0.15) is 10.6 Å². The van der Waals surface area contributed by atoms with Crippen molar-refractivity contribution in [3.05, 3.63) is 40.6 Å². The van der Waals surface area contributed by atoms with Crippen LogP contribution in [0.15, 0.2) is 40.6 Å². The molecule has 0 aliphatic carbocycles. The molecule has 0 aliphatic heterocycles. The predicted molar refractivity (Wildman–Crippen MR) is 85.2 cm³/mol. The van der Waals surface area contributed by atoms with Gasteiger partial charge in [0.2, 0.25) is 10.0 Å². The Bertz CT molecular complexity index is 695. The molecular weight excluding hydrogens is 308 g/mol. The first kappa shape index (κ1) is 15.8. The number of nitrogens with zero attached hydrogens (tertiary/aromatic N) is 1. The van der Waals surface area contributed by atoms with Crippen LogP contribution in [0.5, 0.6) is 5.75 Å². The van der Waals surface area contributed by atoms with Crippen LogP contribution in [-0.2, 0) is 16.4 Å². The van der Waals surface area contributed by atoms with Crippen molar-refractivity contribution in [1.29, 1.82) is 0 Å². The number of hydrogen-bond acceptors (Lipinski definition) is 5. The number of para-hydroxylation sites is 1. The molecule has 7 heteroatoms. The third-order valence-electron chi connectivity index (χ3n) is 2.97. The zero-order chi connectivity index (χ0) is 15.5. The molecule has 1 aromatic heterocycles. The van der Waals surface area contributed by atoms with Crippen molar-refractivity contribution < 1.29 is 13.2 Å². The van der Waals surface area contributed by atoms with Crippen LogP contribution >= 0.6 is 11.3 Å². The molecule has 2 rings (SSSR count). The summed E-state index contributed by atoms with van der Waals surface area (Å²) >= 11 is 1.66. The maximum absolute atomic E-state index is 12.2. The van der Waals surface area contributed by atoms with E-state index in [9.17, 15) is 8.42 Å². The smallest absolute Gasteiger partial charge is 0.244 e. The lowest BCUT2D eigenvalue weighted by atomic mass is 10.3. The molecule has 0 fully saturated rings. The Kier molecular flexibility index (Phi) is 4.87. The molecule has 5 nitrogen and oxygen atoms in total. The summed E-state index contributed by atoms with van der Waals surface area (Å²) in [6, 6.07) is 8.81. The van der Waals surface area contributed by atoms with Crippen molar-refractivity contribution in [1.82, 2.24) is 4.31 Å². The third-order valence-corrected chi connectivity index (χ3v) is 5.78. The average molecular weight is 326 g/mol. The highest BCUT2D eigenvalue weighted by atomic mass is 32.2. The van der Waals surface area contributed by atoms with Gasteiger partial charge in [-0.3, -0.25) is 0 Å². The van der Waals surface area contributed by atoms with Gasteiger partial charge in [-0.2, -0.15) is 0 Å². The molecule has 0 bridgehead atoms. The molecule has 2 aromatic rings. The Morgan fingerprint density at radius 1 is 1.24 bits per heavy atom. The summed E-state index contributed by atoms with van der Waals surface area (Å²) in [4.78, 5) is 1.28.